The molecule has 4 rings (SSSR count). The fourth-order valence-corrected chi connectivity index (χ4v) is 2.87. The number of hydrogen-bond donors (Lipinski definition) is 2. The number of amides is 1. The summed E-state index contributed by atoms with van der Waals surface area (Å²) in [6.07, 6.45) is 1.58. The van der Waals surface area contributed by atoms with Crippen LogP contribution in [0.2, 0.25) is 0 Å². The summed E-state index contributed by atoms with van der Waals surface area (Å²) in [6, 6.07) is 11.1. The number of anilines is 1. The van der Waals surface area contributed by atoms with Crippen molar-refractivity contribution in [3.8, 4) is 0 Å². The normalized spacial score (nSPS) is 17.0. The quantitative estimate of drug-likeness (QED) is 0.742. The van der Waals surface area contributed by atoms with E-state index >= 15 is 0 Å². The van der Waals surface area contributed by atoms with Crippen LogP contribution in [0.25, 0.3) is 5.78 Å². The van der Waals surface area contributed by atoms with Crippen LogP contribution >= 0.6 is 0 Å². The Labute approximate surface area is 142 Å². The molecule has 3 heterocycles. The molecule has 0 spiro atoms. The smallest absolute Gasteiger partial charge is 0.254 e. The molecule has 1 fully saturated rings. The number of carbonyl (C=O) groups is 1. The summed E-state index contributed by atoms with van der Waals surface area (Å²) in [5, 5.41) is 7.13. The first-order valence-electron chi connectivity index (χ1n) is 8.14. The van der Waals surface area contributed by atoms with Crippen molar-refractivity contribution < 1.29 is 9.53 Å². The lowest BCUT2D eigenvalue weighted by molar-refractivity contribution is -0.124. The standard InChI is InChI=1S/C17H17N5O3/c23-15-10-14(19-16(24)12-7-4-8-25-12)22-17(20-15)18-13(21-22)9-11-5-2-1-3-6-11/h1-3,5-6,10,12H,4,7-9H2,(H,19,24)(H,18,20,21,23)/t12-/m0/s1. The molecule has 0 radical (unpaired) electrons. The van der Waals surface area contributed by atoms with Gasteiger partial charge in [-0.15, -0.1) is 5.10 Å². The molecule has 0 aliphatic carbocycles. The molecular formula is C17H17N5O3. The third kappa shape index (κ3) is 3.29. The molecule has 8 heteroatoms. The highest BCUT2D eigenvalue weighted by Crippen LogP contribution is 2.15. The van der Waals surface area contributed by atoms with Gasteiger partial charge in [-0.3, -0.25) is 14.6 Å². The van der Waals surface area contributed by atoms with Gasteiger partial charge in [0.25, 0.3) is 11.5 Å². The second-order valence-corrected chi connectivity index (χ2v) is 5.94. The molecule has 0 unspecified atom stereocenters. The third-order valence-electron chi connectivity index (χ3n) is 4.06. The SMILES string of the molecule is O=C(Nc1cc(=O)[nH]c2nc(Cc3ccccc3)nn12)[C@@H]1CCCO1. The summed E-state index contributed by atoms with van der Waals surface area (Å²) in [6.45, 7) is 0.577. The molecule has 25 heavy (non-hydrogen) atoms. The number of aromatic amines is 1. The van der Waals surface area contributed by atoms with E-state index in [1.165, 1.54) is 10.6 Å². The van der Waals surface area contributed by atoms with Crippen LogP contribution < -0.4 is 10.9 Å². The molecule has 1 atom stereocenters. The Kier molecular flexibility index (Phi) is 4.02. The number of H-pyrrole nitrogens is 1. The summed E-state index contributed by atoms with van der Waals surface area (Å²) in [7, 11) is 0. The molecular weight excluding hydrogens is 322 g/mol. The first-order chi connectivity index (χ1) is 12.2. The van der Waals surface area contributed by atoms with Crippen LogP contribution in [0.4, 0.5) is 5.82 Å². The average molecular weight is 339 g/mol. The molecule has 8 nitrogen and oxygen atoms in total. The summed E-state index contributed by atoms with van der Waals surface area (Å²) >= 11 is 0. The summed E-state index contributed by atoms with van der Waals surface area (Å²) < 4.78 is 6.81. The number of carbonyl (C=O) groups excluding carboxylic acids is 1. The van der Waals surface area contributed by atoms with Gasteiger partial charge >= 0.3 is 0 Å². The number of benzene rings is 1. The second-order valence-electron chi connectivity index (χ2n) is 5.94. The first kappa shape index (κ1) is 15.5. The van der Waals surface area contributed by atoms with Crippen LogP contribution in [0, 0.1) is 0 Å². The largest absolute Gasteiger partial charge is 0.368 e. The Balaban J connectivity index is 1.64. The van der Waals surface area contributed by atoms with Gasteiger partial charge < -0.3 is 10.1 Å². The van der Waals surface area contributed by atoms with E-state index in [9.17, 15) is 9.59 Å². The maximum Gasteiger partial charge on any atom is 0.254 e. The molecule has 2 N–H and O–H groups in total. The zero-order valence-corrected chi connectivity index (χ0v) is 13.4. The van der Waals surface area contributed by atoms with Gasteiger partial charge in [-0.2, -0.15) is 9.50 Å². The van der Waals surface area contributed by atoms with E-state index in [-0.39, 0.29) is 17.3 Å². The lowest BCUT2D eigenvalue weighted by Gasteiger charge is -2.10. The molecule has 0 bridgehead atoms. The van der Waals surface area contributed by atoms with E-state index in [1.54, 1.807) is 0 Å². The molecule has 1 saturated heterocycles. The lowest BCUT2D eigenvalue weighted by atomic mass is 10.1. The Bertz CT molecular complexity index is 957. The van der Waals surface area contributed by atoms with Gasteiger partial charge in [0.05, 0.1) is 0 Å². The number of nitrogens with one attached hydrogen (secondary N) is 2. The van der Waals surface area contributed by atoms with Crippen molar-refractivity contribution in [1.29, 1.82) is 0 Å². The van der Waals surface area contributed by atoms with E-state index in [4.69, 9.17) is 4.74 Å². The van der Waals surface area contributed by atoms with Gasteiger partial charge in [-0.05, 0) is 18.4 Å². The van der Waals surface area contributed by atoms with Crippen LogP contribution in [-0.4, -0.2) is 38.2 Å². The Morgan fingerprint density at radius 3 is 2.96 bits per heavy atom. The van der Waals surface area contributed by atoms with Crippen LogP contribution in [-0.2, 0) is 16.0 Å². The molecule has 128 valence electrons. The maximum atomic E-state index is 12.3. The summed E-state index contributed by atoms with van der Waals surface area (Å²) in [5.41, 5.74) is 0.708. The summed E-state index contributed by atoms with van der Waals surface area (Å²) in [4.78, 5) is 31.1. The van der Waals surface area contributed by atoms with Gasteiger partial charge in [0.15, 0.2) is 5.82 Å². The predicted molar refractivity (Wildman–Crippen MR) is 90.5 cm³/mol. The van der Waals surface area contributed by atoms with E-state index in [0.29, 0.717) is 31.1 Å². The van der Waals surface area contributed by atoms with Crippen molar-refractivity contribution in [3.05, 3.63) is 58.1 Å². The number of aromatic nitrogens is 4. The number of hydrogen-bond acceptors (Lipinski definition) is 5. The monoisotopic (exact) mass is 339 g/mol. The molecule has 1 aromatic carbocycles. The maximum absolute atomic E-state index is 12.3. The highest BCUT2D eigenvalue weighted by molar-refractivity contribution is 5.93. The van der Waals surface area contributed by atoms with E-state index in [2.05, 4.69) is 20.4 Å². The highest BCUT2D eigenvalue weighted by Gasteiger charge is 2.24. The average Bonchev–Trinajstić information content (AvgIpc) is 3.25. The molecule has 3 aromatic rings. The zero-order valence-electron chi connectivity index (χ0n) is 13.4. The highest BCUT2D eigenvalue weighted by atomic mass is 16.5. The molecule has 1 amide bonds. The molecule has 0 saturated carbocycles. The van der Waals surface area contributed by atoms with Crippen molar-refractivity contribution in [2.24, 2.45) is 0 Å². The van der Waals surface area contributed by atoms with Gasteiger partial charge in [0.1, 0.15) is 11.9 Å². The first-order valence-corrected chi connectivity index (χ1v) is 8.14. The van der Waals surface area contributed by atoms with Crippen LogP contribution in [0.1, 0.15) is 24.2 Å². The fraction of sp³-hybridized carbons (Fsp3) is 0.294. The van der Waals surface area contributed by atoms with Gasteiger partial charge in [-0.25, -0.2) is 0 Å². The molecule has 1 aliphatic heterocycles. The topological polar surface area (TPSA) is 101 Å². The van der Waals surface area contributed by atoms with Gasteiger partial charge in [0.2, 0.25) is 5.78 Å². The van der Waals surface area contributed by atoms with Crippen LogP contribution in [0.15, 0.2) is 41.2 Å². The minimum absolute atomic E-state index is 0.274. The van der Waals surface area contributed by atoms with Gasteiger partial charge in [-0.1, -0.05) is 30.3 Å². The minimum atomic E-state index is -0.485. The van der Waals surface area contributed by atoms with Crippen LogP contribution in [0.5, 0.6) is 0 Å². The summed E-state index contributed by atoms with van der Waals surface area (Å²) in [5.74, 6) is 0.859. The zero-order chi connectivity index (χ0) is 17.2. The van der Waals surface area contributed by atoms with E-state index < -0.39 is 6.10 Å². The van der Waals surface area contributed by atoms with Crippen molar-refractivity contribution in [2.75, 3.05) is 11.9 Å². The predicted octanol–water partition coefficient (Wildman–Crippen LogP) is 1.13. The van der Waals surface area contributed by atoms with Gasteiger partial charge in [0, 0.05) is 19.1 Å². The number of rotatable bonds is 4. The number of ether oxygens (including phenoxy) is 1. The van der Waals surface area contributed by atoms with Crippen molar-refractivity contribution in [2.45, 2.75) is 25.4 Å². The van der Waals surface area contributed by atoms with Crippen molar-refractivity contribution in [3.63, 3.8) is 0 Å². The second kappa shape index (κ2) is 6.48. The minimum Gasteiger partial charge on any atom is -0.368 e. The van der Waals surface area contributed by atoms with E-state index in [0.717, 1.165) is 12.0 Å². The number of nitrogens with zero attached hydrogens (tertiary/aromatic N) is 3. The fourth-order valence-electron chi connectivity index (χ4n) is 2.87. The van der Waals surface area contributed by atoms with Crippen molar-refractivity contribution >= 4 is 17.5 Å². The van der Waals surface area contributed by atoms with Crippen molar-refractivity contribution in [1.82, 2.24) is 19.6 Å². The Morgan fingerprint density at radius 2 is 2.20 bits per heavy atom. The molecule has 1 aliphatic rings. The van der Waals surface area contributed by atoms with E-state index in [1.807, 2.05) is 30.3 Å². The lowest BCUT2D eigenvalue weighted by Crippen LogP contribution is -2.28. The molecule has 2 aromatic heterocycles. The Morgan fingerprint density at radius 1 is 1.36 bits per heavy atom. The number of fused-ring (bicyclic) bond motifs is 1. The third-order valence-corrected chi connectivity index (χ3v) is 4.06. The Hall–Kier alpha value is -3.00. The van der Waals surface area contributed by atoms with Crippen LogP contribution in [0.3, 0.4) is 0 Å².